The summed E-state index contributed by atoms with van der Waals surface area (Å²) in [6.45, 7) is 1.95. The Morgan fingerprint density at radius 1 is 1.07 bits per heavy atom. The van der Waals surface area contributed by atoms with E-state index in [0.29, 0.717) is 34.9 Å². The molecule has 1 unspecified atom stereocenters. The van der Waals surface area contributed by atoms with Crippen LogP contribution in [-0.4, -0.2) is 25.9 Å². The summed E-state index contributed by atoms with van der Waals surface area (Å²) in [5.74, 6) is 0.824. The van der Waals surface area contributed by atoms with Crippen LogP contribution in [0.3, 0.4) is 0 Å². The number of carbonyl (C=O) groups is 2. The number of anilines is 1. The van der Waals surface area contributed by atoms with Crippen LogP contribution in [0.5, 0.6) is 11.5 Å². The number of allylic oxidation sites excluding steroid dienone is 2. The number of carbonyl (C=O) groups excluding carboxylic acids is 2. The van der Waals surface area contributed by atoms with E-state index in [-0.39, 0.29) is 24.0 Å². The van der Waals surface area contributed by atoms with E-state index >= 15 is 0 Å². The van der Waals surface area contributed by atoms with Crippen LogP contribution in [-0.2, 0) is 9.59 Å². The number of rotatable bonds is 4. The Bertz CT molecular complexity index is 1060. The molecule has 0 N–H and O–H groups in total. The van der Waals surface area contributed by atoms with Gasteiger partial charge >= 0.3 is 0 Å². The fraction of sp³-hybridized carbons (Fsp3) is 0.333. The van der Waals surface area contributed by atoms with Crippen LogP contribution in [0.15, 0.2) is 47.7 Å². The van der Waals surface area contributed by atoms with Crippen LogP contribution in [0.1, 0.15) is 42.7 Å². The van der Waals surface area contributed by atoms with Gasteiger partial charge in [-0.2, -0.15) is 0 Å². The fourth-order valence-electron chi connectivity index (χ4n) is 4.55. The van der Waals surface area contributed by atoms with E-state index in [4.69, 9.17) is 21.1 Å². The fourth-order valence-corrected chi connectivity index (χ4v) is 4.71. The Balaban J connectivity index is 1.92. The van der Waals surface area contributed by atoms with Gasteiger partial charge in [0.1, 0.15) is 0 Å². The average molecular weight is 426 g/mol. The topological polar surface area (TPSA) is 55.8 Å². The molecule has 1 atom stereocenters. The lowest BCUT2D eigenvalue weighted by molar-refractivity contribution is -0.119. The van der Waals surface area contributed by atoms with E-state index in [1.165, 1.54) is 0 Å². The summed E-state index contributed by atoms with van der Waals surface area (Å²) in [5, 5.41) is 0.560. The first-order valence-electron chi connectivity index (χ1n) is 10.0. The Labute approximate surface area is 181 Å². The molecule has 0 spiro atoms. The van der Waals surface area contributed by atoms with Crippen LogP contribution in [0, 0.1) is 6.92 Å². The van der Waals surface area contributed by atoms with Gasteiger partial charge in [0.25, 0.3) is 0 Å². The molecule has 156 valence electrons. The van der Waals surface area contributed by atoms with Crippen molar-refractivity contribution in [3.05, 3.63) is 63.8 Å². The molecule has 0 bridgehead atoms. The maximum Gasteiger partial charge on any atom is 0.232 e. The van der Waals surface area contributed by atoms with Gasteiger partial charge in [-0.15, -0.1) is 0 Å². The van der Waals surface area contributed by atoms with Gasteiger partial charge in [0.15, 0.2) is 17.3 Å². The van der Waals surface area contributed by atoms with Crippen molar-refractivity contribution in [3.63, 3.8) is 0 Å². The third kappa shape index (κ3) is 3.37. The maximum absolute atomic E-state index is 13.4. The number of hydrogen-bond donors (Lipinski definition) is 0. The number of para-hydroxylation sites is 1. The quantitative estimate of drug-likeness (QED) is 0.676. The summed E-state index contributed by atoms with van der Waals surface area (Å²) < 4.78 is 11.1. The first kappa shape index (κ1) is 20.5. The lowest BCUT2D eigenvalue weighted by Gasteiger charge is -2.39. The molecule has 0 aromatic heterocycles. The molecule has 1 heterocycles. The summed E-state index contributed by atoms with van der Waals surface area (Å²) in [6, 6.07) is 11.1. The summed E-state index contributed by atoms with van der Waals surface area (Å²) in [5.41, 5.74) is 3.96. The predicted molar refractivity (Wildman–Crippen MR) is 116 cm³/mol. The smallest absolute Gasteiger partial charge is 0.232 e. The van der Waals surface area contributed by atoms with E-state index in [1.807, 2.05) is 31.2 Å². The van der Waals surface area contributed by atoms with Crippen molar-refractivity contribution in [2.24, 2.45) is 0 Å². The zero-order chi connectivity index (χ0) is 21.4. The predicted octanol–water partition coefficient (Wildman–Crippen LogP) is 5.19. The number of benzene rings is 2. The number of ketones is 1. The number of hydrogen-bond acceptors (Lipinski definition) is 4. The maximum atomic E-state index is 13.4. The van der Waals surface area contributed by atoms with Gasteiger partial charge in [-0.3, -0.25) is 14.5 Å². The zero-order valence-corrected chi connectivity index (χ0v) is 18.1. The highest BCUT2D eigenvalue weighted by atomic mass is 35.5. The second-order valence-electron chi connectivity index (χ2n) is 7.64. The zero-order valence-electron chi connectivity index (χ0n) is 17.3. The first-order chi connectivity index (χ1) is 14.5. The largest absolute Gasteiger partial charge is 0.493 e. The highest BCUT2D eigenvalue weighted by Crippen LogP contribution is 2.47. The molecule has 0 radical (unpaired) electrons. The number of amides is 1. The van der Waals surface area contributed by atoms with E-state index < -0.39 is 0 Å². The lowest BCUT2D eigenvalue weighted by atomic mass is 9.76. The third-order valence-electron chi connectivity index (χ3n) is 5.90. The summed E-state index contributed by atoms with van der Waals surface area (Å²) in [7, 11) is 3.15. The molecule has 5 nitrogen and oxygen atoms in total. The molecule has 0 saturated carbocycles. The van der Waals surface area contributed by atoms with Crippen molar-refractivity contribution in [2.45, 2.75) is 38.5 Å². The van der Waals surface area contributed by atoms with Gasteiger partial charge in [-0.05, 0) is 43.5 Å². The van der Waals surface area contributed by atoms with Crippen LogP contribution in [0.25, 0.3) is 0 Å². The average Bonchev–Trinajstić information content (AvgIpc) is 2.74. The summed E-state index contributed by atoms with van der Waals surface area (Å²) >= 11 is 6.23. The van der Waals surface area contributed by atoms with Gasteiger partial charge in [0.05, 0.1) is 19.9 Å². The van der Waals surface area contributed by atoms with Crippen molar-refractivity contribution < 1.29 is 19.1 Å². The van der Waals surface area contributed by atoms with Crippen molar-refractivity contribution in [2.75, 3.05) is 19.1 Å². The van der Waals surface area contributed by atoms with Crippen molar-refractivity contribution in [1.29, 1.82) is 0 Å². The number of ether oxygens (including phenoxy) is 2. The normalized spacial score (nSPS) is 19.1. The molecule has 2 aromatic carbocycles. The second-order valence-corrected chi connectivity index (χ2v) is 8.07. The van der Waals surface area contributed by atoms with Gasteiger partial charge in [-0.1, -0.05) is 29.8 Å². The monoisotopic (exact) mass is 425 g/mol. The molecule has 2 aliphatic rings. The Morgan fingerprint density at radius 3 is 2.60 bits per heavy atom. The number of aryl methyl sites for hydroxylation is 1. The van der Waals surface area contributed by atoms with Crippen LogP contribution < -0.4 is 14.4 Å². The van der Waals surface area contributed by atoms with E-state index in [0.717, 1.165) is 28.9 Å². The van der Waals surface area contributed by atoms with Gasteiger partial charge in [0.2, 0.25) is 5.91 Å². The Kier molecular flexibility index (Phi) is 5.56. The minimum absolute atomic E-state index is 0.0521. The van der Waals surface area contributed by atoms with Crippen molar-refractivity contribution in [3.8, 4) is 11.5 Å². The summed E-state index contributed by atoms with van der Waals surface area (Å²) in [4.78, 5) is 28.2. The molecule has 1 aliphatic heterocycles. The standard InChI is InChI=1S/C24H24ClNO4/c1-14-10-11-15(25)12-19(14)26-18-7-5-8-20(27)23(18)17(13-22(26)28)16-6-4-9-21(29-2)24(16)30-3/h4,6,9-12,17H,5,7-8,13H2,1-3H3. The molecule has 2 aromatic rings. The van der Waals surface area contributed by atoms with Gasteiger partial charge in [-0.25, -0.2) is 0 Å². The second kappa shape index (κ2) is 8.15. The molecule has 6 heteroatoms. The van der Waals surface area contributed by atoms with Crippen molar-refractivity contribution in [1.82, 2.24) is 0 Å². The van der Waals surface area contributed by atoms with Crippen LogP contribution >= 0.6 is 11.6 Å². The third-order valence-corrected chi connectivity index (χ3v) is 6.13. The molecular formula is C24H24ClNO4. The van der Waals surface area contributed by atoms with Crippen LogP contribution in [0.4, 0.5) is 5.69 Å². The molecule has 1 amide bonds. The van der Waals surface area contributed by atoms with E-state index in [2.05, 4.69) is 0 Å². The molecule has 30 heavy (non-hydrogen) atoms. The number of methoxy groups -OCH3 is 2. The summed E-state index contributed by atoms with van der Waals surface area (Å²) in [6.07, 6.45) is 2.06. The van der Waals surface area contributed by atoms with Gasteiger partial charge < -0.3 is 9.47 Å². The first-order valence-corrected chi connectivity index (χ1v) is 10.4. The van der Waals surface area contributed by atoms with E-state index in [1.54, 1.807) is 31.3 Å². The van der Waals surface area contributed by atoms with E-state index in [9.17, 15) is 9.59 Å². The minimum atomic E-state index is -0.360. The van der Waals surface area contributed by atoms with Gasteiger partial charge in [0, 0.05) is 40.6 Å². The number of nitrogens with zero attached hydrogens (tertiary/aromatic N) is 1. The van der Waals surface area contributed by atoms with Crippen molar-refractivity contribution >= 4 is 29.0 Å². The SMILES string of the molecule is COc1cccc(C2CC(=O)N(c3cc(Cl)ccc3C)C3=C2C(=O)CCC3)c1OC. The molecule has 0 fully saturated rings. The minimum Gasteiger partial charge on any atom is -0.493 e. The lowest BCUT2D eigenvalue weighted by Crippen LogP contribution is -2.41. The Morgan fingerprint density at radius 2 is 1.87 bits per heavy atom. The number of Topliss-reactive ketones (excluding diaryl/α,β-unsaturated/α-hetero) is 1. The molecule has 1 aliphatic carbocycles. The Hall–Kier alpha value is -2.79. The molecule has 0 saturated heterocycles. The van der Waals surface area contributed by atoms with Crippen LogP contribution in [0.2, 0.25) is 5.02 Å². The number of halogens is 1. The molecular weight excluding hydrogens is 402 g/mol. The highest BCUT2D eigenvalue weighted by molar-refractivity contribution is 6.31. The molecule has 4 rings (SSSR count). The highest BCUT2D eigenvalue weighted by Gasteiger charge is 2.41.